The molecule has 1 fully saturated rings. The second-order valence-corrected chi connectivity index (χ2v) is 6.76. The third kappa shape index (κ3) is 3.06. The van der Waals surface area contributed by atoms with Crippen LogP contribution in [-0.2, 0) is 6.42 Å². The first-order valence-electron chi connectivity index (χ1n) is 6.38. The van der Waals surface area contributed by atoms with Crippen LogP contribution < -0.4 is 5.32 Å². The summed E-state index contributed by atoms with van der Waals surface area (Å²) in [5, 5.41) is 4.69. The maximum absolute atomic E-state index is 4.67. The number of thiazole rings is 1. The van der Waals surface area contributed by atoms with Crippen LogP contribution in [0.15, 0.2) is 0 Å². The van der Waals surface area contributed by atoms with Crippen LogP contribution in [0.2, 0.25) is 0 Å². The molecule has 96 valence electrons. The Labute approximate surface area is 108 Å². The summed E-state index contributed by atoms with van der Waals surface area (Å²) in [7, 11) is 0. The standard InChI is InChI=1S/C13H23N3S/c1-10-11(2)17-12(15-10)9-13(3,4)16-7-5-14-6-8-16/h14H,5-9H2,1-4H3. The molecule has 0 aromatic carbocycles. The van der Waals surface area contributed by atoms with Crippen LogP contribution in [0.5, 0.6) is 0 Å². The summed E-state index contributed by atoms with van der Waals surface area (Å²) in [5.41, 5.74) is 1.42. The summed E-state index contributed by atoms with van der Waals surface area (Å²) in [5.74, 6) is 0. The first kappa shape index (κ1) is 13.0. The average Bonchev–Trinajstić information content (AvgIpc) is 2.58. The van der Waals surface area contributed by atoms with Gasteiger partial charge < -0.3 is 5.32 Å². The van der Waals surface area contributed by atoms with E-state index in [1.807, 2.05) is 11.3 Å². The first-order valence-corrected chi connectivity index (χ1v) is 7.19. The van der Waals surface area contributed by atoms with E-state index in [0.717, 1.165) is 32.6 Å². The third-order valence-corrected chi connectivity index (χ3v) is 4.70. The van der Waals surface area contributed by atoms with Gasteiger partial charge in [-0.15, -0.1) is 11.3 Å². The van der Waals surface area contributed by atoms with Gasteiger partial charge >= 0.3 is 0 Å². The van der Waals surface area contributed by atoms with Crippen molar-refractivity contribution in [1.82, 2.24) is 15.2 Å². The molecule has 1 aliphatic rings. The highest BCUT2D eigenvalue weighted by molar-refractivity contribution is 7.11. The van der Waals surface area contributed by atoms with Crippen LogP contribution in [0, 0.1) is 13.8 Å². The first-order chi connectivity index (χ1) is 7.99. The number of nitrogens with zero attached hydrogens (tertiary/aromatic N) is 2. The highest BCUT2D eigenvalue weighted by Gasteiger charge is 2.29. The molecule has 0 radical (unpaired) electrons. The summed E-state index contributed by atoms with van der Waals surface area (Å²) in [6.45, 7) is 13.5. The molecule has 2 heterocycles. The molecule has 0 atom stereocenters. The van der Waals surface area contributed by atoms with E-state index in [1.54, 1.807) is 0 Å². The van der Waals surface area contributed by atoms with Crippen molar-refractivity contribution in [3.8, 4) is 0 Å². The molecule has 1 aliphatic heterocycles. The molecule has 0 saturated carbocycles. The molecular weight excluding hydrogens is 230 g/mol. The maximum Gasteiger partial charge on any atom is 0.0949 e. The number of piperazine rings is 1. The van der Waals surface area contributed by atoms with Crippen molar-refractivity contribution in [2.45, 2.75) is 39.7 Å². The number of hydrogen-bond donors (Lipinski definition) is 1. The molecule has 1 aromatic heterocycles. The molecule has 0 unspecified atom stereocenters. The monoisotopic (exact) mass is 253 g/mol. The van der Waals surface area contributed by atoms with E-state index in [-0.39, 0.29) is 5.54 Å². The van der Waals surface area contributed by atoms with Crippen molar-refractivity contribution in [3.63, 3.8) is 0 Å². The highest BCUT2D eigenvalue weighted by Crippen LogP contribution is 2.25. The lowest BCUT2D eigenvalue weighted by Gasteiger charge is -2.40. The number of aromatic nitrogens is 1. The van der Waals surface area contributed by atoms with Crippen molar-refractivity contribution in [1.29, 1.82) is 0 Å². The van der Waals surface area contributed by atoms with Crippen molar-refractivity contribution < 1.29 is 0 Å². The Bertz CT molecular complexity index is 359. The number of rotatable bonds is 3. The Morgan fingerprint density at radius 3 is 2.47 bits per heavy atom. The summed E-state index contributed by atoms with van der Waals surface area (Å²) in [6.07, 6.45) is 1.06. The molecule has 3 nitrogen and oxygen atoms in total. The second-order valence-electron chi connectivity index (χ2n) is 5.48. The van der Waals surface area contributed by atoms with Crippen LogP contribution in [0.25, 0.3) is 0 Å². The molecule has 4 heteroatoms. The van der Waals surface area contributed by atoms with E-state index in [2.05, 4.69) is 42.9 Å². The van der Waals surface area contributed by atoms with Gasteiger partial charge in [0.15, 0.2) is 0 Å². The van der Waals surface area contributed by atoms with E-state index >= 15 is 0 Å². The quantitative estimate of drug-likeness (QED) is 0.893. The minimum absolute atomic E-state index is 0.221. The maximum atomic E-state index is 4.67. The predicted molar refractivity (Wildman–Crippen MR) is 73.8 cm³/mol. The van der Waals surface area contributed by atoms with Crippen molar-refractivity contribution in [3.05, 3.63) is 15.6 Å². The molecule has 0 amide bonds. The molecule has 1 saturated heterocycles. The van der Waals surface area contributed by atoms with Crippen molar-refractivity contribution in [2.24, 2.45) is 0 Å². The van der Waals surface area contributed by atoms with Gasteiger partial charge in [-0.3, -0.25) is 4.90 Å². The predicted octanol–water partition coefficient (Wildman–Crippen LogP) is 1.99. The number of aryl methyl sites for hydroxylation is 2. The molecule has 0 bridgehead atoms. The van der Waals surface area contributed by atoms with Crippen molar-refractivity contribution in [2.75, 3.05) is 26.2 Å². The lowest BCUT2D eigenvalue weighted by molar-refractivity contribution is 0.103. The second kappa shape index (κ2) is 5.04. The van der Waals surface area contributed by atoms with Gasteiger partial charge in [-0.1, -0.05) is 0 Å². The highest BCUT2D eigenvalue weighted by atomic mass is 32.1. The topological polar surface area (TPSA) is 28.2 Å². The molecule has 0 aliphatic carbocycles. The van der Waals surface area contributed by atoms with Crippen LogP contribution in [-0.4, -0.2) is 41.6 Å². The van der Waals surface area contributed by atoms with Gasteiger partial charge in [0.05, 0.1) is 10.7 Å². The third-order valence-electron chi connectivity index (χ3n) is 3.63. The fraction of sp³-hybridized carbons (Fsp3) is 0.769. The SMILES string of the molecule is Cc1nc(CC(C)(C)N2CCNCC2)sc1C. The zero-order chi connectivity index (χ0) is 12.5. The average molecular weight is 253 g/mol. The van der Waals surface area contributed by atoms with E-state index < -0.39 is 0 Å². The number of hydrogen-bond acceptors (Lipinski definition) is 4. The van der Waals surface area contributed by atoms with Crippen molar-refractivity contribution >= 4 is 11.3 Å². The minimum atomic E-state index is 0.221. The van der Waals surface area contributed by atoms with Crippen LogP contribution >= 0.6 is 11.3 Å². The summed E-state index contributed by atoms with van der Waals surface area (Å²) >= 11 is 1.85. The number of nitrogens with one attached hydrogen (secondary N) is 1. The molecular formula is C13H23N3S. The van der Waals surface area contributed by atoms with E-state index in [9.17, 15) is 0 Å². The van der Waals surface area contributed by atoms with Crippen LogP contribution in [0.1, 0.15) is 29.4 Å². The molecule has 2 rings (SSSR count). The van der Waals surface area contributed by atoms with Gasteiger partial charge in [-0.2, -0.15) is 0 Å². The van der Waals surface area contributed by atoms with Gasteiger partial charge in [-0.25, -0.2) is 4.98 Å². The van der Waals surface area contributed by atoms with E-state index in [4.69, 9.17) is 0 Å². The van der Waals surface area contributed by atoms with Gasteiger partial charge in [0.2, 0.25) is 0 Å². The van der Waals surface area contributed by atoms with E-state index in [1.165, 1.54) is 15.6 Å². The Hall–Kier alpha value is -0.450. The Balaban J connectivity index is 2.05. The summed E-state index contributed by atoms with van der Waals surface area (Å²) in [6, 6.07) is 0. The summed E-state index contributed by atoms with van der Waals surface area (Å²) in [4.78, 5) is 8.60. The smallest absolute Gasteiger partial charge is 0.0949 e. The Morgan fingerprint density at radius 2 is 1.94 bits per heavy atom. The van der Waals surface area contributed by atoms with Crippen LogP contribution in [0.4, 0.5) is 0 Å². The lowest BCUT2D eigenvalue weighted by Crippen LogP contribution is -2.54. The molecule has 1 aromatic rings. The Kier molecular flexibility index (Phi) is 3.85. The van der Waals surface area contributed by atoms with E-state index in [0.29, 0.717) is 0 Å². The molecule has 1 N–H and O–H groups in total. The zero-order valence-corrected chi connectivity index (χ0v) is 12.2. The largest absolute Gasteiger partial charge is 0.314 e. The fourth-order valence-electron chi connectivity index (χ4n) is 2.37. The lowest BCUT2D eigenvalue weighted by atomic mass is 9.97. The van der Waals surface area contributed by atoms with Crippen LogP contribution in [0.3, 0.4) is 0 Å². The van der Waals surface area contributed by atoms with Gasteiger partial charge in [0.25, 0.3) is 0 Å². The normalized spacial score (nSPS) is 18.6. The summed E-state index contributed by atoms with van der Waals surface area (Å²) < 4.78 is 0. The minimum Gasteiger partial charge on any atom is -0.314 e. The molecule has 17 heavy (non-hydrogen) atoms. The fourth-order valence-corrected chi connectivity index (χ4v) is 3.52. The Morgan fingerprint density at radius 1 is 1.29 bits per heavy atom. The zero-order valence-electron chi connectivity index (χ0n) is 11.3. The van der Waals surface area contributed by atoms with Gasteiger partial charge in [0, 0.05) is 43.0 Å². The van der Waals surface area contributed by atoms with Gasteiger partial charge in [-0.05, 0) is 27.7 Å². The van der Waals surface area contributed by atoms with Gasteiger partial charge in [0.1, 0.15) is 0 Å². The molecule has 0 spiro atoms.